The average Bonchev–Trinajstić information content (AvgIpc) is 2.26. The summed E-state index contributed by atoms with van der Waals surface area (Å²) < 4.78 is 13.6. The van der Waals surface area contributed by atoms with Crippen LogP contribution in [0.1, 0.15) is 19.4 Å². The Bertz CT molecular complexity index is 360. The summed E-state index contributed by atoms with van der Waals surface area (Å²) in [7, 11) is 0. The van der Waals surface area contributed by atoms with E-state index in [0.717, 1.165) is 5.75 Å². The second-order valence-corrected chi connectivity index (χ2v) is 6.23. The van der Waals surface area contributed by atoms with Gasteiger partial charge in [0.15, 0.2) is 0 Å². The molecule has 1 aromatic rings. The molecule has 1 unspecified atom stereocenters. The molecule has 0 spiro atoms. The van der Waals surface area contributed by atoms with Gasteiger partial charge in [-0.15, -0.1) is 0 Å². The first-order chi connectivity index (χ1) is 8.02. The van der Waals surface area contributed by atoms with Crippen LogP contribution in [0.2, 0.25) is 5.02 Å². The number of benzene rings is 1. The number of hydrazine groups is 1. The van der Waals surface area contributed by atoms with Gasteiger partial charge in [-0.05, 0) is 29.4 Å². The predicted molar refractivity (Wildman–Crippen MR) is 73.8 cm³/mol. The standard InChI is InChI=1S/C12H18ClFN2S/c1-8(2)17-7-11(16-15)5-9-3-4-10(13)6-12(9)14/h3-4,6,8,11,16H,5,7,15H2,1-2H3. The molecule has 0 aliphatic carbocycles. The summed E-state index contributed by atoms with van der Waals surface area (Å²) in [5.41, 5.74) is 3.37. The Labute approximate surface area is 111 Å². The van der Waals surface area contributed by atoms with E-state index in [1.54, 1.807) is 23.9 Å². The van der Waals surface area contributed by atoms with Gasteiger partial charge in [-0.1, -0.05) is 31.5 Å². The largest absolute Gasteiger partial charge is 0.271 e. The van der Waals surface area contributed by atoms with Gasteiger partial charge in [0.1, 0.15) is 5.82 Å². The van der Waals surface area contributed by atoms with Crippen LogP contribution in [-0.4, -0.2) is 17.0 Å². The first kappa shape index (κ1) is 14.8. The molecule has 3 N–H and O–H groups in total. The zero-order valence-corrected chi connectivity index (χ0v) is 11.6. The van der Waals surface area contributed by atoms with Crippen LogP contribution >= 0.6 is 23.4 Å². The van der Waals surface area contributed by atoms with E-state index in [0.29, 0.717) is 22.3 Å². The van der Waals surface area contributed by atoms with Gasteiger partial charge in [-0.25, -0.2) is 4.39 Å². The van der Waals surface area contributed by atoms with Crippen molar-refractivity contribution >= 4 is 23.4 Å². The minimum atomic E-state index is -0.271. The lowest BCUT2D eigenvalue weighted by Gasteiger charge is -2.17. The molecule has 1 rings (SSSR count). The molecule has 1 aromatic carbocycles. The highest BCUT2D eigenvalue weighted by Gasteiger charge is 2.12. The third-order valence-electron chi connectivity index (χ3n) is 2.35. The van der Waals surface area contributed by atoms with Crippen LogP contribution in [0.15, 0.2) is 18.2 Å². The summed E-state index contributed by atoms with van der Waals surface area (Å²) in [5, 5.41) is 0.959. The summed E-state index contributed by atoms with van der Waals surface area (Å²) >= 11 is 7.51. The second-order valence-electron chi connectivity index (χ2n) is 4.19. The van der Waals surface area contributed by atoms with Gasteiger partial charge < -0.3 is 0 Å². The molecule has 0 radical (unpaired) electrons. The molecule has 0 heterocycles. The van der Waals surface area contributed by atoms with Gasteiger partial charge in [0.2, 0.25) is 0 Å². The first-order valence-electron chi connectivity index (χ1n) is 5.54. The van der Waals surface area contributed by atoms with E-state index in [2.05, 4.69) is 19.3 Å². The van der Waals surface area contributed by atoms with Crippen molar-refractivity contribution in [3.63, 3.8) is 0 Å². The molecule has 0 fully saturated rings. The fraction of sp³-hybridized carbons (Fsp3) is 0.500. The van der Waals surface area contributed by atoms with Crippen molar-refractivity contribution in [2.75, 3.05) is 5.75 Å². The summed E-state index contributed by atoms with van der Waals surface area (Å²) in [6.45, 7) is 4.25. The zero-order chi connectivity index (χ0) is 12.8. The Morgan fingerprint density at radius 3 is 2.71 bits per heavy atom. The lowest BCUT2D eigenvalue weighted by atomic mass is 10.1. The molecule has 0 aliphatic rings. The number of hydrogen-bond acceptors (Lipinski definition) is 3. The minimum absolute atomic E-state index is 0.0677. The molecule has 0 bridgehead atoms. The lowest BCUT2D eigenvalue weighted by molar-refractivity contribution is 0.546. The molecule has 0 aliphatic heterocycles. The van der Waals surface area contributed by atoms with Crippen LogP contribution in [0.4, 0.5) is 4.39 Å². The van der Waals surface area contributed by atoms with Gasteiger partial charge in [-0.3, -0.25) is 11.3 Å². The second kappa shape index (κ2) is 7.21. The fourth-order valence-electron chi connectivity index (χ4n) is 1.43. The van der Waals surface area contributed by atoms with E-state index in [9.17, 15) is 4.39 Å². The van der Waals surface area contributed by atoms with Gasteiger partial charge >= 0.3 is 0 Å². The number of hydrogen-bond donors (Lipinski definition) is 2. The molecule has 0 saturated heterocycles. The molecular formula is C12H18ClFN2S. The van der Waals surface area contributed by atoms with E-state index < -0.39 is 0 Å². The smallest absolute Gasteiger partial charge is 0.127 e. The maximum absolute atomic E-state index is 13.6. The maximum Gasteiger partial charge on any atom is 0.127 e. The number of thioether (sulfide) groups is 1. The average molecular weight is 277 g/mol. The van der Waals surface area contributed by atoms with E-state index in [1.807, 2.05) is 0 Å². The van der Waals surface area contributed by atoms with Crippen molar-refractivity contribution < 1.29 is 4.39 Å². The minimum Gasteiger partial charge on any atom is -0.271 e. The summed E-state index contributed by atoms with van der Waals surface area (Å²) in [4.78, 5) is 0. The number of nitrogens with one attached hydrogen (secondary N) is 1. The molecule has 2 nitrogen and oxygen atoms in total. The van der Waals surface area contributed by atoms with Crippen molar-refractivity contribution in [3.05, 3.63) is 34.6 Å². The van der Waals surface area contributed by atoms with Crippen LogP contribution in [-0.2, 0) is 6.42 Å². The van der Waals surface area contributed by atoms with Gasteiger partial charge in [0, 0.05) is 16.8 Å². The van der Waals surface area contributed by atoms with E-state index in [1.165, 1.54) is 6.07 Å². The molecule has 1 atom stereocenters. The van der Waals surface area contributed by atoms with Crippen LogP contribution < -0.4 is 11.3 Å². The molecule has 0 aromatic heterocycles. The van der Waals surface area contributed by atoms with Crippen molar-refractivity contribution in [2.24, 2.45) is 5.84 Å². The summed E-state index contributed by atoms with van der Waals surface area (Å²) in [6.07, 6.45) is 0.569. The van der Waals surface area contributed by atoms with E-state index in [-0.39, 0.29) is 11.9 Å². The topological polar surface area (TPSA) is 38.0 Å². The highest BCUT2D eigenvalue weighted by atomic mass is 35.5. The summed E-state index contributed by atoms with van der Waals surface area (Å²) in [5.74, 6) is 6.06. The Morgan fingerprint density at radius 1 is 1.47 bits per heavy atom. The van der Waals surface area contributed by atoms with Crippen LogP contribution in [0, 0.1) is 5.82 Å². The first-order valence-corrected chi connectivity index (χ1v) is 6.97. The highest BCUT2D eigenvalue weighted by molar-refractivity contribution is 7.99. The van der Waals surface area contributed by atoms with Gasteiger partial charge in [-0.2, -0.15) is 11.8 Å². The van der Waals surface area contributed by atoms with Crippen molar-refractivity contribution in [1.29, 1.82) is 0 Å². The molecule has 96 valence electrons. The Kier molecular flexibility index (Phi) is 6.27. The van der Waals surface area contributed by atoms with E-state index in [4.69, 9.17) is 17.4 Å². The van der Waals surface area contributed by atoms with Crippen LogP contribution in [0.5, 0.6) is 0 Å². The van der Waals surface area contributed by atoms with Crippen LogP contribution in [0.3, 0.4) is 0 Å². The van der Waals surface area contributed by atoms with Crippen LogP contribution in [0.25, 0.3) is 0 Å². The number of nitrogens with two attached hydrogens (primary N) is 1. The van der Waals surface area contributed by atoms with E-state index >= 15 is 0 Å². The third-order valence-corrected chi connectivity index (χ3v) is 3.84. The van der Waals surface area contributed by atoms with Crippen molar-refractivity contribution in [1.82, 2.24) is 5.43 Å². The van der Waals surface area contributed by atoms with Gasteiger partial charge in [0.25, 0.3) is 0 Å². The quantitative estimate of drug-likeness (QED) is 0.620. The fourth-order valence-corrected chi connectivity index (χ4v) is 2.42. The normalized spacial score (nSPS) is 13.1. The van der Waals surface area contributed by atoms with Crippen molar-refractivity contribution in [3.8, 4) is 0 Å². The predicted octanol–water partition coefficient (Wildman–Crippen LogP) is 3.00. The Balaban J connectivity index is 2.60. The molecule has 5 heteroatoms. The SMILES string of the molecule is CC(C)SCC(Cc1ccc(Cl)cc1F)NN. The molecule has 17 heavy (non-hydrogen) atoms. The number of rotatable bonds is 6. The summed E-state index contributed by atoms with van der Waals surface area (Å²) in [6, 6.07) is 4.81. The molecule has 0 amide bonds. The third kappa shape index (κ3) is 5.25. The monoisotopic (exact) mass is 276 g/mol. The number of halogens is 2. The zero-order valence-electron chi connectivity index (χ0n) is 10.0. The Hall–Kier alpha value is -0.290. The molecular weight excluding hydrogens is 259 g/mol. The van der Waals surface area contributed by atoms with Crippen molar-refractivity contribution in [2.45, 2.75) is 31.6 Å². The highest BCUT2D eigenvalue weighted by Crippen LogP contribution is 2.18. The maximum atomic E-state index is 13.6. The Morgan fingerprint density at radius 2 is 2.18 bits per heavy atom. The molecule has 0 saturated carbocycles. The lowest BCUT2D eigenvalue weighted by Crippen LogP contribution is -2.39. The van der Waals surface area contributed by atoms with Gasteiger partial charge in [0.05, 0.1) is 0 Å².